The Bertz CT molecular complexity index is 459. The minimum absolute atomic E-state index is 0.125. The number of carbonyl (C=O) groups is 1. The predicted octanol–water partition coefficient (Wildman–Crippen LogP) is 1.80. The molecular weight excluding hydrogens is 228 g/mol. The van der Waals surface area contributed by atoms with Crippen molar-refractivity contribution in [2.24, 2.45) is 0 Å². The molecule has 0 aliphatic heterocycles. The fraction of sp³-hybridized carbons (Fsp3) is 0.364. The van der Waals surface area contributed by atoms with Gasteiger partial charge in [0.1, 0.15) is 5.75 Å². The highest BCUT2D eigenvalue weighted by Gasteiger charge is 2.12. The maximum Gasteiger partial charge on any atom is 0.308 e. The van der Waals surface area contributed by atoms with E-state index in [1.54, 1.807) is 0 Å². The van der Waals surface area contributed by atoms with E-state index < -0.39 is 15.8 Å². The smallest absolute Gasteiger partial charge is 0.308 e. The summed E-state index contributed by atoms with van der Waals surface area (Å²) in [6.45, 7) is 3.10. The lowest BCUT2D eigenvalue weighted by atomic mass is 10.3. The van der Waals surface area contributed by atoms with Crippen LogP contribution in [0.15, 0.2) is 29.2 Å². The third-order valence-corrected chi connectivity index (χ3v) is 3.85. The number of hydrogen-bond acceptors (Lipinski definition) is 4. The number of benzene rings is 1. The summed E-state index contributed by atoms with van der Waals surface area (Å²) in [5.74, 6) is 0.0482. The summed E-state index contributed by atoms with van der Waals surface area (Å²) in [7, 11) is -3.20. The second kappa shape index (κ2) is 5.12. The van der Waals surface area contributed by atoms with Crippen LogP contribution < -0.4 is 4.74 Å². The van der Waals surface area contributed by atoms with Gasteiger partial charge in [0.05, 0.1) is 10.6 Å². The molecule has 0 heterocycles. The molecule has 88 valence electrons. The molecule has 1 aromatic carbocycles. The molecule has 0 amide bonds. The van der Waals surface area contributed by atoms with E-state index in [0.717, 1.165) is 0 Å². The maximum absolute atomic E-state index is 11.7. The van der Waals surface area contributed by atoms with Gasteiger partial charge in [0.2, 0.25) is 0 Å². The molecule has 4 nitrogen and oxygen atoms in total. The monoisotopic (exact) mass is 242 g/mol. The Morgan fingerprint density at radius 3 is 2.25 bits per heavy atom. The van der Waals surface area contributed by atoms with E-state index in [1.807, 2.05) is 6.92 Å². The average Bonchev–Trinajstić information content (AvgIpc) is 2.17. The van der Waals surface area contributed by atoms with E-state index in [4.69, 9.17) is 4.74 Å². The summed E-state index contributed by atoms with van der Waals surface area (Å²) >= 11 is 0. The Morgan fingerprint density at radius 1 is 1.25 bits per heavy atom. The predicted molar refractivity (Wildman–Crippen MR) is 60.1 cm³/mol. The summed E-state index contributed by atoms with van der Waals surface area (Å²) in [6, 6.07) is 5.85. The van der Waals surface area contributed by atoms with Gasteiger partial charge in [-0.15, -0.1) is 0 Å². The summed E-state index contributed by atoms with van der Waals surface area (Å²) in [6.07, 6.45) is 0.577. The zero-order chi connectivity index (χ0) is 12.2. The van der Waals surface area contributed by atoms with Crippen LogP contribution in [0.1, 0.15) is 20.3 Å². The number of hydrogen-bond donors (Lipinski definition) is 0. The molecule has 0 saturated carbocycles. The highest BCUT2D eigenvalue weighted by molar-refractivity contribution is 7.91. The quantitative estimate of drug-likeness (QED) is 0.596. The van der Waals surface area contributed by atoms with Crippen molar-refractivity contribution in [3.8, 4) is 5.75 Å². The minimum Gasteiger partial charge on any atom is -0.427 e. The van der Waals surface area contributed by atoms with Gasteiger partial charge < -0.3 is 4.74 Å². The third kappa shape index (κ3) is 3.34. The lowest BCUT2D eigenvalue weighted by Gasteiger charge is -2.04. The van der Waals surface area contributed by atoms with E-state index in [9.17, 15) is 13.2 Å². The van der Waals surface area contributed by atoms with Crippen LogP contribution in [0.3, 0.4) is 0 Å². The normalized spacial score (nSPS) is 11.1. The second-order valence-electron chi connectivity index (χ2n) is 3.38. The van der Waals surface area contributed by atoms with Crippen molar-refractivity contribution in [2.45, 2.75) is 25.2 Å². The van der Waals surface area contributed by atoms with Gasteiger partial charge in [0.15, 0.2) is 9.84 Å². The fourth-order valence-electron chi connectivity index (χ4n) is 1.27. The van der Waals surface area contributed by atoms with Gasteiger partial charge in [-0.1, -0.05) is 6.92 Å². The molecule has 1 aromatic rings. The Balaban J connectivity index is 2.91. The first-order valence-electron chi connectivity index (χ1n) is 4.97. The maximum atomic E-state index is 11.7. The number of carbonyl (C=O) groups excluding carboxylic acids is 1. The van der Waals surface area contributed by atoms with Crippen molar-refractivity contribution >= 4 is 15.8 Å². The molecule has 0 spiro atoms. The minimum atomic E-state index is -3.20. The van der Waals surface area contributed by atoms with Gasteiger partial charge in [-0.25, -0.2) is 8.42 Å². The third-order valence-electron chi connectivity index (χ3n) is 1.92. The largest absolute Gasteiger partial charge is 0.427 e. The van der Waals surface area contributed by atoms with Gasteiger partial charge in [0, 0.05) is 6.92 Å². The Hall–Kier alpha value is -1.36. The molecule has 16 heavy (non-hydrogen) atoms. The topological polar surface area (TPSA) is 60.4 Å². The Labute approximate surface area is 95.2 Å². The lowest BCUT2D eigenvalue weighted by Crippen LogP contribution is -2.06. The molecular formula is C11H14O4S. The molecule has 0 atom stereocenters. The van der Waals surface area contributed by atoms with Crippen LogP contribution in [-0.2, 0) is 14.6 Å². The first-order chi connectivity index (χ1) is 7.45. The van der Waals surface area contributed by atoms with Gasteiger partial charge in [0.25, 0.3) is 0 Å². The summed E-state index contributed by atoms with van der Waals surface area (Å²) in [5, 5.41) is 0. The molecule has 0 unspecified atom stereocenters. The van der Waals surface area contributed by atoms with Crippen LogP contribution in [0, 0.1) is 0 Å². The zero-order valence-corrected chi connectivity index (χ0v) is 10.1. The molecule has 0 aromatic heterocycles. The summed E-state index contributed by atoms with van der Waals surface area (Å²) in [4.78, 5) is 10.9. The summed E-state index contributed by atoms with van der Waals surface area (Å²) in [5.41, 5.74) is 0. The SMILES string of the molecule is CCCS(=O)(=O)c1ccc(OC(C)=O)cc1. The molecule has 5 heteroatoms. The number of esters is 1. The van der Waals surface area contributed by atoms with Crippen molar-refractivity contribution in [1.29, 1.82) is 0 Å². The van der Waals surface area contributed by atoms with Crippen molar-refractivity contribution in [2.75, 3.05) is 5.75 Å². The number of rotatable bonds is 4. The molecule has 0 fully saturated rings. The first kappa shape index (κ1) is 12.7. The zero-order valence-electron chi connectivity index (χ0n) is 9.26. The molecule has 0 aliphatic rings. The van der Waals surface area contributed by atoms with Crippen LogP contribution in [0.4, 0.5) is 0 Å². The van der Waals surface area contributed by atoms with Crippen LogP contribution >= 0.6 is 0 Å². The Kier molecular flexibility index (Phi) is 4.06. The van der Waals surface area contributed by atoms with Crippen molar-refractivity contribution in [1.82, 2.24) is 0 Å². The van der Waals surface area contributed by atoms with Gasteiger partial charge in [-0.3, -0.25) is 4.79 Å². The molecule has 0 bridgehead atoms. The van der Waals surface area contributed by atoms with E-state index >= 15 is 0 Å². The molecule has 0 radical (unpaired) electrons. The van der Waals surface area contributed by atoms with Crippen LogP contribution in [0.5, 0.6) is 5.75 Å². The standard InChI is InChI=1S/C11H14O4S/c1-3-8-16(13,14)11-6-4-10(5-7-11)15-9(2)12/h4-7H,3,8H2,1-2H3. The van der Waals surface area contributed by atoms with Crippen molar-refractivity contribution in [3.05, 3.63) is 24.3 Å². The van der Waals surface area contributed by atoms with Gasteiger partial charge >= 0.3 is 5.97 Å². The molecule has 1 rings (SSSR count). The van der Waals surface area contributed by atoms with Gasteiger partial charge in [-0.05, 0) is 30.7 Å². The van der Waals surface area contributed by atoms with E-state index in [2.05, 4.69) is 0 Å². The average molecular weight is 242 g/mol. The van der Waals surface area contributed by atoms with E-state index in [-0.39, 0.29) is 10.6 Å². The van der Waals surface area contributed by atoms with Crippen molar-refractivity contribution in [3.63, 3.8) is 0 Å². The van der Waals surface area contributed by atoms with E-state index in [0.29, 0.717) is 12.2 Å². The van der Waals surface area contributed by atoms with E-state index in [1.165, 1.54) is 31.2 Å². The summed E-state index contributed by atoms with van der Waals surface area (Å²) < 4.78 is 28.1. The van der Waals surface area contributed by atoms with Crippen LogP contribution in [0.25, 0.3) is 0 Å². The lowest BCUT2D eigenvalue weighted by molar-refractivity contribution is -0.131. The molecule has 0 saturated heterocycles. The molecule has 0 N–H and O–H groups in total. The van der Waals surface area contributed by atoms with Gasteiger partial charge in [-0.2, -0.15) is 0 Å². The first-order valence-corrected chi connectivity index (χ1v) is 6.62. The number of ether oxygens (including phenoxy) is 1. The molecule has 0 aliphatic carbocycles. The highest BCUT2D eigenvalue weighted by Crippen LogP contribution is 2.17. The fourth-order valence-corrected chi connectivity index (χ4v) is 2.59. The Morgan fingerprint density at radius 2 is 1.81 bits per heavy atom. The number of sulfone groups is 1. The second-order valence-corrected chi connectivity index (χ2v) is 5.49. The van der Waals surface area contributed by atoms with Crippen LogP contribution in [-0.4, -0.2) is 20.1 Å². The van der Waals surface area contributed by atoms with Crippen molar-refractivity contribution < 1.29 is 17.9 Å². The van der Waals surface area contributed by atoms with Crippen LogP contribution in [0.2, 0.25) is 0 Å². The highest BCUT2D eigenvalue weighted by atomic mass is 32.2.